The minimum Gasteiger partial charge on any atom is -0.481 e. The maximum Gasteiger partial charge on any atom is 0.303 e. The first-order valence-corrected chi connectivity index (χ1v) is 17.1. The van der Waals surface area contributed by atoms with E-state index < -0.39 is 12.3 Å². The molecule has 3 unspecified atom stereocenters. The van der Waals surface area contributed by atoms with Crippen LogP contribution >= 0.6 is 11.8 Å². The number of carboxylic acid groups (broad SMARTS) is 1. The van der Waals surface area contributed by atoms with Gasteiger partial charge in [-0.1, -0.05) is 96.7 Å². The molecule has 49 heavy (non-hydrogen) atoms. The van der Waals surface area contributed by atoms with Gasteiger partial charge in [-0.25, -0.2) is 0 Å². The molecule has 1 aromatic heterocycles. The fourth-order valence-electron chi connectivity index (χ4n) is 5.57. The highest BCUT2D eigenvalue weighted by Crippen LogP contribution is 2.40. The van der Waals surface area contributed by atoms with Crippen LogP contribution in [-0.4, -0.2) is 54.2 Å². The molecule has 1 aliphatic rings. The number of tetrazole rings is 1. The number of carbonyl (C=O) groups excluding carboxylic acids is 1. The van der Waals surface area contributed by atoms with Gasteiger partial charge in [0.25, 0.3) is 0 Å². The van der Waals surface area contributed by atoms with E-state index in [2.05, 4.69) is 20.8 Å². The molecule has 6 rings (SSSR count). The van der Waals surface area contributed by atoms with E-state index in [0.717, 1.165) is 39.1 Å². The maximum atomic E-state index is 12.1. The maximum absolute atomic E-state index is 12.1. The number of aliphatic hydroxyl groups excluding tert-OH is 1. The number of nitrogens with zero attached hydrogens (tertiary/aromatic N) is 4. The van der Waals surface area contributed by atoms with Gasteiger partial charge in [0.15, 0.2) is 6.29 Å². The molecule has 4 aromatic carbocycles. The zero-order valence-corrected chi connectivity index (χ0v) is 27.5. The van der Waals surface area contributed by atoms with Crippen molar-refractivity contribution < 1.29 is 29.3 Å². The van der Waals surface area contributed by atoms with Crippen LogP contribution in [0.1, 0.15) is 60.3 Å². The summed E-state index contributed by atoms with van der Waals surface area (Å²) >= 11 is 1.53. The van der Waals surface area contributed by atoms with Gasteiger partial charge >= 0.3 is 5.97 Å². The number of aliphatic carboxylic acids is 1. The van der Waals surface area contributed by atoms with E-state index in [1.165, 1.54) is 11.8 Å². The highest BCUT2D eigenvalue weighted by atomic mass is 32.2. The molecule has 0 bridgehead atoms. The van der Waals surface area contributed by atoms with Gasteiger partial charge in [-0.05, 0) is 62.9 Å². The van der Waals surface area contributed by atoms with Crippen molar-refractivity contribution in [3.05, 3.63) is 125 Å². The van der Waals surface area contributed by atoms with Crippen molar-refractivity contribution in [3.63, 3.8) is 0 Å². The molecule has 2 heterocycles. The van der Waals surface area contributed by atoms with Crippen LogP contribution in [0.15, 0.2) is 108 Å². The molecule has 1 aliphatic heterocycles. The number of hydrogen-bond acceptors (Lipinski definition) is 9. The summed E-state index contributed by atoms with van der Waals surface area (Å²) in [5.74, 6) is -0.462. The van der Waals surface area contributed by atoms with Crippen molar-refractivity contribution in [2.24, 2.45) is 0 Å². The Labute approximate surface area is 288 Å². The number of carboxylic acids is 1. The average molecular weight is 680 g/mol. The quantitative estimate of drug-likeness (QED) is 0.119. The Morgan fingerprint density at radius 1 is 0.857 bits per heavy atom. The largest absolute Gasteiger partial charge is 0.481 e. The Kier molecular flexibility index (Phi) is 11.4. The third-order valence-corrected chi connectivity index (χ3v) is 9.23. The van der Waals surface area contributed by atoms with E-state index in [1.807, 2.05) is 103 Å². The lowest BCUT2D eigenvalue weighted by Gasteiger charge is -2.36. The SMILES string of the molecule is O=C(O)CCCC(=O)NCc1cccc(-c2ccc(C3OC(CSc4nnnn4-c4ccccc4)CC(c4ccc(CO)cc4)O3)cc2)c1. The number of rotatable bonds is 14. The lowest BCUT2D eigenvalue weighted by molar-refractivity contribution is -0.245. The number of aliphatic hydroxyl groups is 1. The van der Waals surface area contributed by atoms with E-state index in [9.17, 15) is 14.7 Å². The molecule has 0 saturated carbocycles. The molecule has 3 atom stereocenters. The summed E-state index contributed by atoms with van der Waals surface area (Å²) in [5, 5.41) is 34.2. The number of benzene rings is 4. The second kappa shape index (κ2) is 16.5. The molecule has 3 N–H and O–H groups in total. The Bertz CT molecular complexity index is 1830. The fraction of sp³-hybridized carbons (Fsp3) is 0.270. The summed E-state index contributed by atoms with van der Waals surface area (Å²) in [7, 11) is 0. The molecule has 0 radical (unpaired) electrons. The molecule has 1 amide bonds. The van der Waals surface area contributed by atoms with E-state index in [4.69, 9.17) is 14.6 Å². The van der Waals surface area contributed by atoms with Crippen molar-refractivity contribution in [3.8, 4) is 16.8 Å². The molecule has 0 spiro atoms. The monoisotopic (exact) mass is 679 g/mol. The van der Waals surface area contributed by atoms with Gasteiger partial charge in [0, 0.05) is 37.1 Å². The van der Waals surface area contributed by atoms with Crippen molar-refractivity contribution >= 4 is 23.6 Å². The Morgan fingerprint density at radius 2 is 1.63 bits per heavy atom. The molecular weight excluding hydrogens is 643 g/mol. The highest BCUT2D eigenvalue weighted by Gasteiger charge is 2.32. The number of hydrogen-bond donors (Lipinski definition) is 3. The second-order valence-electron chi connectivity index (χ2n) is 11.7. The molecular formula is C37H37N5O6S. The van der Waals surface area contributed by atoms with Crippen LogP contribution in [0.25, 0.3) is 16.8 Å². The summed E-state index contributed by atoms with van der Waals surface area (Å²) < 4.78 is 14.8. The number of thioether (sulfide) groups is 1. The van der Waals surface area contributed by atoms with E-state index in [-0.39, 0.29) is 37.6 Å². The minimum atomic E-state index is -0.904. The van der Waals surface area contributed by atoms with Crippen LogP contribution in [-0.2, 0) is 32.2 Å². The van der Waals surface area contributed by atoms with Crippen molar-refractivity contribution in [1.82, 2.24) is 25.5 Å². The smallest absolute Gasteiger partial charge is 0.303 e. The van der Waals surface area contributed by atoms with Gasteiger partial charge in [-0.15, -0.1) is 5.10 Å². The first-order valence-electron chi connectivity index (χ1n) is 16.1. The third-order valence-electron chi connectivity index (χ3n) is 8.18. The van der Waals surface area contributed by atoms with E-state index in [1.54, 1.807) is 4.68 Å². The van der Waals surface area contributed by atoms with E-state index >= 15 is 0 Å². The summed E-state index contributed by atoms with van der Waals surface area (Å²) in [6, 6.07) is 33.6. The van der Waals surface area contributed by atoms with Crippen molar-refractivity contribution in [2.75, 3.05) is 5.75 Å². The molecule has 0 aliphatic carbocycles. The highest BCUT2D eigenvalue weighted by molar-refractivity contribution is 7.99. The average Bonchev–Trinajstić information content (AvgIpc) is 3.62. The number of carbonyl (C=O) groups is 2. The van der Waals surface area contributed by atoms with E-state index in [0.29, 0.717) is 30.3 Å². The summed E-state index contributed by atoms with van der Waals surface area (Å²) in [4.78, 5) is 22.8. The Hall–Kier alpha value is -4.88. The number of ether oxygens (including phenoxy) is 2. The Balaban J connectivity index is 1.14. The fourth-order valence-corrected chi connectivity index (χ4v) is 6.48. The number of aromatic nitrogens is 4. The topological polar surface area (TPSA) is 149 Å². The van der Waals surface area contributed by atoms with Crippen LogP contribution in [0.4, 0.5) is 0 Å². The van der Waals surface area contributed by atoms with Crippen molar-refractivity contribution in [2.45, 2.75) is 62.5 Å². The second-order valence-corrected chi connectivity index (χ2v) is 12.7. The van der Waals surface area contributed by atoms with Crippen LogP contribution in [0.2, 0.25) is 0 Å². The molecule has 5 aromatic rings. The summed E-state index contributed by atoms with van der Waals surface area (Å²) in [5.41, 5.74) is 6.57. The van der Waals surface area contributed by atoms with Gasteiger partial charge in [-0.2, -0.15) is 4.68 Å². The number of amides is 1. The molecule has 11 nitrogen and oxygen atoms in total. The third kappa shape index (κ3) is 9.18. The standard InChI is InChI=1S/C37H37N5O6S/c43-23-25-12-14-28(15-13-25)33-21-32(24-49-37-39-40-41-42(37)31-8-2-1-3-9-31)47-36(48-33)29-18-16-27(17-19-29)30-7-4-6-26(20-30)22-38-34(44)10-5-11-35(45)46/h1-4,6-9,12-20,32-33,36,43H,5,10-11,21-24H2,(H,38,44)(H,45,46). The van der Waals surface area contributed by atoms with Crippen molar-refractivity contribution in [1.29, 1.82) is 0 Å². The lowest BCUT2D eigenvalue weighted by Crippen LogP contribution is -2.31. The van der Waals surface area contributed by atoms with Gasteiger partial charge in [0.05, 0.1) is 24.5 Å². The molecule has 1 saturated heterocycles. The minimum absolute atomic E-state index is 0.0224. The normalized spacial score (nSPS) is 17.4. The van der Waals surface area contributed by atoms with Gasteiger partial charge in [0.1, 0.15) is 0 Å². The summed E-state index contributed by atoms with van der Waals surface area (Å²) in [6.45, 7) is 0.338. The Morgan fingerprint density at radius 3 is 2.39 bits per heavy atom. The first kappa shape index (κ1) is 34.0. The molecule has 12 heteroatoms. The zero-order chi connectivity index (χ0) is 34.0. The first-order chi connectivity index (χ1) is 23.9. The predicted molar refractivity (Wildman–Crippen MR) is 184 cm³/mol. The molecule has 1 fully saturated rings. The van der Waals surface area contributed by atoms with Crippen LogP contribution < -0.4 is 5.32 Å². The van der Waals surface area contributed by atoms with Crippen LogP contribution in [0.3, 0.4) is 0 Å². The number of para-hydroxylation sites is 1. The summed E-state index contributed by atoms with van der Waals surface area (Å²) in [6.07, 6.45) is 0.108. The van der Waals surface area contributed by atoms with Gasteiger partial charge < -0.3 is 25.0 Å². The number of nitrogens with one attached hydrogen (secondary N) is 1. The predicted octanol–water partition coefficient (Wildman–Crippen LogP) is 6.03. The van der Waals surface area contributed by atoms with Crippen LogP contribution in [0.5, 0.6) is 0 Å². The molecule has 252 valence electrons. The lowest BCUT2D eigenvalue weighted by atomic mass is 9.99. The van der Waals surface area contributed by atoms with Gasteiger partial charge in [0.2, 0.25) is 11.1 Å². The van der Waals surface area contributed by atoms with Gasteiger partial charge in [-0.3, -0.25) is 9.59 Å². The van der Waals surface area contributed by atoms with Crippen LogP contribution in [0, 0.1) is 0 Å². The zero-order valence-electron chi connectivity index (χ0n) is 26.7.